The maximum Gasteiger partial charge on any atom is 0.194 e. The molecule has 5 heteroatoms. The highest BCUT2D eigenvalue weighted by atomic mass is 16.5. The van der Waals surface area contributed by atoms with Gasteiger partial charge in [0, 0.05) is 33.0 Å². The zero-order valence-corrected chi connectivity index (χ0v) is 13.6. The van der Waals surface area contributed by atoms with Crippen LogP contribution in [0.4, 0.5) is 0 Å². The second kappa shape index (κ2) is 6.43. The molecule has 0 bridgehead atoms. The smallest absolute Gasteiger partial charge is 0.194 e. The molecule has 0 N–H and O–H groups in total. The number of methoxy groups -OCH3 is 1. The Morgan fingerprint density at radius 1 is 1.38 bits per heavy atom. The maximum atomic E-state index is 12.8. The average Bonchev–Trinajstić information content (AvgIpc) is 2.78. The summed E-state index contributed by atoms with van der Waals surface area (Å²) in [5.74, 6) is 0.401. The van der Waals surface area contributed by atoms with E-state index >= 15 is 0 Å². The Balaban J connectivity index is 2.45. The summed E-state index contributed by atoms with van der Waals surface area (Å²) < 4.78 is 7.10. The Kier molecular flexibility index (Phi) is 4.83. The highest BCUT2D eigenvalue weighted by Gasteiger charge is 2.30. The first-order valence-electron chi connectivity index (χ1n) is 7.46. The zero-order valence-electron chi connectivity index (χ0n) is 13.6. The van der Waals surface area contributed by atoms with E-state index in [2.05, 4.69) is 18.9 Å². The van der Waals surface area contributed by atoms with Gasteiger partial charge in [-0.3, -0.25) is 9.48 Å². The Morgan fingerprint density at radius 2 is 2.10 bits per heavy atom. The quantitative estimate of drug-likeness (QED) is 0.781. The predicted molar refractivity (Wildman–Crippen MR) is 82.6 cm³/mol. The van der Waals surface area contributed by atoms with E-state index in [1.807, 2.05) is 29.9 Å². The molecule has 2 rings (SSSR count). The minimum Gasteiger partial charge on any atom is -0.383 e. The average molecular weight is 291 g/mol. The molecule has 0 spiro atoms. The molecule has 1 aromatic heterocycles. The first kappa shape index (κ1) is 15.8. The molecule has 21 heavy (non-hydrogen) atoms. The zero-order chi connectivity index (χ0) is 15.6. The number of ether oxygens (including phenoxy) is 1. The molecule has 0 fully saturated rings. The molecule has 1 aromatic rings. The number of Topliss-reactive ketones (excluding diaryl/α,β-unsaturated/α-hetero) is 1. The summed E-state index contributed by atoms with van der Waals surface area (Å²) in [4.78, 5) is 14.7. The van der Waals surface area contributed by atoms with Gasteiger partial charge >= 0.3 is 0 Å². The first-order valence-corrected chi connectivity index (χ1v) is 7.46. The minimum absolute atomic E-state index is 0.136. The number of carbonyl (C=O) groups excluding carboxylic acids is 1. The van der Waals surface area contributed by atoms with Crippen LogP contribution in [0.1, 0.15) is 47.9 Å². The van der Waals surface area contributed by atoms with Crippen molar-refractivity contribution < 1.29 is 9.53 Å². The van der Waals surface area contributed by atoms with E-state index in [9.17, 15) is 4.79 Å². The van der Waals surface area contributed by atoms with Crippen LogP contribution in [0.15, 0.2) is 11.8 Å². The molecule has 0 saturated heterocycles. The lowest BCUT2D eigenvalue weighted by Crippen LogP contribution is -2.18. The fraction of sp³-hybridized carbons (Fsp3) is 0.625. The lowest BCUT2D eigenvalue weighted by molar-refractivity contribution is 0.102. The number of nitrogens with zero attached hydrogens (tertiary/aromatic N) is 3. The summed E-state index contributed by atoms with van der Waals surface area (Å²) in [5.41, 5.74) is 3.67. The number of aryl methyl sites for hydroxylation is 1. The predicted octanol–water partition coefficient (Wildman–Crippen LogP) is 2.23. The first-order chi connectivity index (χ1) is 9.95. The molecule has 0 aromatic carbocycles. The van der Waals surface area contributed by atoms with Gasteiger partial charge in [-0.1, -0.05) is 13.8 Å². The summed E-state index contributed by atoms with van der Waals surface area (Å²) in [6.07, 6.45) is 3.53. The number of fused-ring (bicyclic) bond motifs is 1. The monoisotopic (exact) mass is 291 g/mol. The molecular formula is C16H25N3O2. The third kappa shape index (κ3) is 3.18. The molecule has 0 saturated carbocycles. The van der Waals surface area contributed by atoms with Crippen LogP contribution in [0.5, 0.6) is 0 Å². The van der Waals surface area contributed by atoms with E-state index in [1.165, 1.54) is 0 Å². The van der Waals surface area contributed by atoms with Crippen LogP contribution in [0, 0.1) is 0 Å². The highest BCUT2D eigenvalue weighted by Crippen LogP contribution is 2.31. The standard InChI is InChI=1S/C16H25N3O2/c1-11(2)15-14-13(17-19(15)8-9-21-5)7-6-12(16(14)20)10-18(3)4/h10-11H,6-9H2,1-5H3. The molecule has 0 amide bonds. The van der Waals surface area contributed by atoms with Crippen molar-refractivity contribution in [3.8, 4) is 0 Å². The van der Waals surface area contributed by atoms with Gasteiger partial charge in [-0.2, -0.15) is 5.10 Å². The molecule has 0 atom stereocenters. The fourth-order valence-corrected chi connectivity index (χ4v) is 2.85. The van der Waals surface area contributed by atoms with Gasteiger partial charge in [-0.05, 0) is 18.8 Å². The maximum absolute atomic E-state index is 12.8. The Bertz CT molecular complexity index is 556. The van der Waals surface area contributed by atoms with Crippen molar-refractivity contribution in [1.29, 1.82) is 0 Å². The summed E-state index contributed by atoms with van der Waals surface area (Å²) >= 11 is 0. The van der Waals surface area contributed by atoms with Crippen LogP contribution in [-0.2, 0) is 17.7 Å². The number of hydrogen-bond acceptors (Lipinski definition) is 4. The molecule has 116 valence electrons. The number of rotatable bonds is 5. The van der Waals surface area contributed by atoms with E-state index in [-0.39, 0.29) is 11.7 Å². The lowest BCUT2D eigenvalue weighted by atomic mass is 9.88. The van der Waals surface area contributed by atoms with Crippen molar-refractivity contribution in [1.82, 2.24) is 14.7 Å². The topological polar surface area (TPSA) is 47.4 Å². The number of ketones is 1. The van der Waals surface area contributed by atoms with Crippen LogP contribution < -0.4 is 0 Å². The summed E-state index contributed by atoms with van der Waals surface area (Å²) in [7, 11) is 5.57. The van der Waals surface area contributed by atoms with Gasteiger partial charge in [-0.25, -0.2) is 0 Å². The SMILES string of the molecule is COCCn1nc2c(c1C(C)C)C(=O)C(=CN(C)C)CC2. The van der Waals surface area contributed by atoms with E-state index < -0.39 is 0 Å². The normalized spacial score (nSPS) is 16.7. The molecule has 1 aliphatic rings. The van der Waals surface area contributed by atoms with Gasteiger partial charge < -0.3 is 9.64 Å². The molecule has 0 radical (unpaired) electrons. The van der Waals surface area contributed by atoms with Crippen molar-refractivity contribution in [2.45, 2.75) is 39.2 Å². The van der Waals surface area contributed by atoms with Crippen LogP contribution in [-0.4, -0.2) is 48.3 Å². The van der Waals surface area contributed by atoms with Gasteiger partial charge in [0.05, 0.1) is 30.1 Å². The van der Waals surface area contributed by atoms with Gasteiger partial charge in [0.1, 0.15) is 0 Å². The van der Waals surface area contributed by atoms with Gasteiger partial charge in [0.2, 0.25) is 0 Å². The molecule has 1 heterocycles. The largest absolute Gasteiger partial charge is 0.383 e. The number of allylic oxidation sites excluding steroid dienone is 1. The van der Waals surface area contributed by atoms with Crippen molar-refractivity contribution in [3.05, 3.63) is 28.7 Å². The van der Waals surface area contributed by atoms with Crippen molar-refractivity contribution >= 4 is 5.78 Å². The van der Waals surface area contributed by atoms with Crippen LogP contribution in [0.3, 0.4) is 0 Å². The van der Waals surface area contributed by atoms with Crippen molar-refractivity contribution in [2.24, 2.45) is 0 Å². The van der Waals surface area contributed by atoms with Crippen LogP contribution in [0.2, 0.25) is 0 Å². The van der Waals surface area contributed by atoms with Gasteiger partial charge in [0.15, 0.2) is 5.78 Å². The summed E-state index contributed by atoms with van der Waals surface area (Å²) in [6.45, 7) is 5.52. The summed E-state index contributed by atoms with van der Waals surface area (Å²) in [5, 5.41) is 4.65. The molecule has 5 nitrogen and oxygen atoms in total. The Labute approximate surface area is 126 Å². The Hall–Kier alpha value is -1.62. The van der Waals surface area contributed by atoms with E-state index in [1.54, 1.807) is 7.11 Å². The number of carbonyl (C=O) groups is 1. The van der Waals surface area contributed by atoms with Gasteiger partial charge in [0.25, 0.3) is 0 Å². The molecular weight excluding hydrogens is 266 g/mol. The molecule has 0 unspecified atom stereocenters. The fourth-order valence-electron chi connectivity index (χ4n) is 2.85. The van der Waals surface area contributed by atoms with E-state index in [0.717, 1.165) is 35.4 Å². The second-order valence-electron chi connectivity index (χ2n) is 6.02. The Morgan fingerprint density at radius 3 is 2.67 bits per heavy atom. The third-order valence-corrected chi connectivity index (χ3v) is 3.68. The van der Waals surface area contributed by atoms with Crippen LogP contribution in [0.25, 0.3) is 0 Å². The molecule has 1 aliphatic carbocycles. The highest BCUT2D eigenvalue weighted by molar-refractivity contribution is 6.11. The van der Waals surface area contributed by atoms with Crippen molar-refractivity contribution in [2.75, 3.05) is 27.8 Å². The third-order valence-electron chi connectivity index (χ3n) is 3.68. The molecule has 0 aliphatic heterocycles. The minimum atomic E-state index is 0.136. The van der Waals surface area contributed by atoms with E-state index in [0.29, 0.717) is 13.2 Å². The van der Waals surface area contributed by atoms with E-state index in [4.69, 9.17) is 4.74 Å². The second-order valence-corrected chi connectivity index (χ2v) is 6.02. The number of aromatic nitrogens is 2. The van der Waals surface area contributed by atoms with Crippen molar-refractivity contribution in [3.63, 3.8) is 0 Å². The summed E-state index contributed by atoms with van der Waals surface area (Å²) in [6, 6.07) is 0. The van der Waals surface area contributed by atoms with Gasteiger partial charge in [-0.15, -0.1) is 0 Å². The number of hydrogen-bond donors (Lipinski definition) is 0. The van der Waals surface area contributed by atoms with Crippen LogP contribution >= 0.6 is 0 Å². The lowest BCUT2D eigenvalue weighted by Gasteiger charge is -2.17.